The van der Waals surface area contributed by atoms with E-state index in [1.54, 1.807) is 0 Å². The molecular formula is C14H28N2. The quantitative estimate of drug-likeness (QED) is 0.723. The Hall–Kier alpha value is -0.0800. The average molecular weight is 224 g/mol. The van der Waals surface area contributed by atoms with E-state index in [2.05, 4.69) is 12.2 Å². The summed E-state index contributed by atoms with van der Waals surface area (Å²) in [4.78, 5) is 0. The van der Waals surface area contributed by atoms with Gasteiger partial charge >= 0.3 is 0 Å². The van der Waals surface area contributed by atoms with Gasteiger partial charge in [-0.25, -0.2) is 0 Å². The highest BCUT2D eigenvalue weighted by molar-refractivity contribution is 4.88. The van der Waals surface area contributed by atoms with Crippen LogP contribution >= 0.6 is 0 Å². The Bertz CT molecular complexity index is 205. The molecule has 0 amide bonds. The standard InChI is InChI=1S/C14H28N2/c1-11-6-3-2-4-8-13(11)16-14-9-5-7-12(14)10-15/h11-14,16H,2-10,15H2,1H3. The van der Waals surface area contributed by atoms with E-state index in [0.29, 0.717) is 0 Å². The Morgan fingerprint density at radius 3 is 2.50 bits per heavy atom. The maximum absolute atomic E-state index is 5.85. The molecule has 2 aliphatic rings. The van der Waals surface area contributed by atoms with Crippen LogP contribution in [0.4, 0.5) is 0 Å². The number of hydrogen-bond acceptors (Lipinski definition) is 2. The number of nitrogens with one attached hydrogen (secondary N) is 1. The van der Waals surface area contributed by atoms with Gasteiger partial charge in [0.25, 0.3) is 0 Å². The molecule has 4 unspecified atom stereocenters. The Balaban J connectivity index is 1.86. The minimum absolute atomic E-state index is 0.718. The first-order chi connectivity index (χ1) is 7.81. The Labute approximate surface area is 100 Å². The number of hydrogen-bond donors (Lipinski definition) is 2. The number of nitrogens with two attached hydrogens (primary N) is 1. The van der Waals surface area contributed by atoms with Gasteiger partial charge in [0.2, 0.25) is 0 Å². The van der Waals surface area contributed by atoms with Crippen molar-refractivity contribution in [2.75, 3.05) is 6.54 Å². The van der Waals surface area contributed by atoms with Crippen molar-refractivity contribution in [2.45, 2.75) is 70.4 Å². The van der Waals surface area contributed by atoms with Crippen molar-refractivity contribution in [3.05, 3.63) is 0 Å². The van der Waals surface area contributed by atoms with E-state index in [9.17, 15) is 0 Å². The normalized spacial score (nSPS) is 40.9. The van der Waals surface area contributed by atoms with Gasteiger partial charge in [0.1, 0.15) is 0 Å². The molecule has 2 fully saturated rings. The van der Waals surface area contributed by atoms with Gasteiger partial charge < -0.3 is 11.1 Å². The molecule has 0 heterocycles. The summed E-state index contributed by atoms with van der Waals surface area (Å²) in [7, 11) is 0. The summed E-state index contributed by atoms with van der Waals surface area (Å²) in [5, 5.41) is 3.93. The molecule has 2 nitrogen and oxygen atoms in total. The fourth-order valence-corrected chi connectivity index (χ4v) is 3.55. The van der Waals surface area contributed by atoms with Crippen molar-refractivity contribution < 1.29 is 0 Å². The van der Waals surface area contributed by atoms with E-state index in [-0.39, 0.29) is 0 Å². The zero-order valence-electron chi connectivity index (χ0n) is 10.8. The third-order valence-electron chi connectivity index (χ3n) is 4.75. The van der Waals surface area contributed by atoms with Gasteiger partial charge in [-0.1, -0.05) is 32.6 Å². The van der Waals surface area contributed by atoms with Crippen LogP contribution in [0.1, 0.15) is 58.3 Å². The fourth-order valence-electron chi connectivity index (χ4n) is 3.55. The molecule has 2 aliphatic carbocycles. The largest absolute Gasteiger partial charge is 0.330 e. The van der Waals surface area contributed by atoms with Crippen LogP contribution in [0, 0.1) is 11.8 Å². The van der Waals surface area contributed by atoms with Crippen molar-refractivity contribution in [3.8, 4) is 0 Å². The molecule has 2 rings (SSSR count). The minimum atomic E-state index is 0.718. The van der Waals surface area contributed by atoms with Crippen molar-refractivity contribution >= 4 is 0 Å². The van der Waals surface area contributed by atoms with Gasteiger partial charge in [-0.2, -0.15) is 0 Å². The van der Waals surface area contributed by atoms with Crippen molar-refractivity contribution in [3.63, 3.8) is 0 Å². The maximum atomic E-state index is 5.85. The zero-order valence-corrected chi connectivity index (χ0v) is 10.8. The highest BCUT2D eigenvalue weighted by Crippen LogP contribution is 2.29. The third kappa shape index (κ3) is 2.98. The lowest BCUT2D eigenvalue weighted by molar-refractivity contribution is 0.289. The highest BCUT2D eigenvalue weighted by Gasteiger charge is 2.29. The van der Waals surface area contributed by atoms with Crippen LogP contribution in [0.15, 0.2) is 0 Å². The Kier molecular flexibility index (Phi) is 4.66. The van der Waals surface area contributed by atoms with Gasteiger partial charge in [0, 0.05) is 12.1 Å². The molecule has 0 saturated heterocycles. The molecule has 0 spiro atoms. The van der Waals surface area contributed by atoms with Crippen molar-refractivity contribution in [1.29, 1.82) is 0 Å². The lowest BCUT2D eigenvalue weighted by Gasteiger charge is -2.29. The molecule has 16 heavy (non-hydrogen) atoms. The van der Waals surface area contributed by atoms with E-state index < -0.39 is 0 Å². The lowest BCUT2D eigenvalue weighted by Crippen LogP contribution is -2.45. The van der Waals surface area contributed by atoms with E-state index in [4.69, 9.17) is 5.73 Å². The SMILES string of the molecule is CC1CCCCCC1NC1CCCC1CN. The van der Waals surface area contributed by atoms with Gasteiger partial charge in [-0.3, -0.25) is 0 Å². The molecule has 0 aliphatic heterocycles. The van der Waals surface area contributed by atoms with Crippen molar-refractivity contribution in [1.82, 2.24) is 5.32 Å². The fraction of sp³-hybridized carbons (Fsp3) is 1.00. The third-order valence-corrected chi connectivity index (χ3v) is 4.75. The van der Waals surface area contributed by atoms with Crippen LogP contribution in [-0.4, -0.2) is 18.6 Å². The maximum Gasteiger partial charge on any atom is 0.0110 e. The second-order valence-electron chi connectivity index (χ2n) is 5.92. The average Bonchev–Trinajstić information content (AvgIpc) is 2.64. The zero-order chi connectivity index (χ0) is 11.4. The van der Waals surface area contributed by atoms with E-state index in [1.807, 2.05) is 0 Å². The van der Waals surface area contributed by atoms with Crippen molar-refractivity contribution in [2.24, 2.45) is 17.6 Å². The summed E-state index contributed by atoms with van der Waals surface area (Å²) in [6.45, 7) is 3.30. The molecule has 4 atom stereocenters. The molecule has 2 saturated carbocycles. The number of rotatable bonds is 3. The van der Waals surface area contributed by atoms with Crippen LogP contribution in [0.2, 0.25) is 0 Å². The summed E-state index contributed by atoms with van der Waals surface area (Å²) in [5.74, 6) is 1.61. The predicted molar refractivity (Wildman–Crippen MR) is 69.4 cm³/mol. The summed E-state index contributed by atoms with van der Waals surface area (Å²) >= 11 is 0. The van der Waals surface area contributed by atoms with E-state index in [0.717, 1.165) is 30.5 Å². The molecule has 0 aromatic heterocycles. The Morgan fingerprint density at radius 1 is 0.938 bits per heavy atom. The summed E-state index contributed by atoms with van der Waals surface area (Å²) in [6, 6.07) is 1.48. The van der Waals surface area contributed by atoms with Gasteiger partial charge in [-0.05, 0) is 44.1 Å². The van der Waals surface area contributed by atoms with E-state index >= 15 is 0 Å². The molecule has 0 aromatic carbocycles. The highest BCUT2D eigenvalue weighted by atomic mass is 15.0. The van der Waals surface area contributed by atoms with Crippen LogP contribution in [-0.2, 0) is 0 Å². The van der Waals surface area contributed by atoms with Crippen LogP contribution in [0.3, 0.4) is 0 Å². The molecule has 0 aromatic rings. The molecular weight excluding hydrogens is 196 g/mol. The first-order valence-corrected chi connectivity index (χ1v) is 7.27. The van der Waals surface area contributed by atoms with Gasteiger partial charge in [-0.15, -0.1) is 0 Å². The molecule has 2 heteroatoms. The second-order valence-corrected chi connectivity index (χ2v) is 5.92. The summed E-state index contributed by atoms with van der Waals surface area (Å²) < 4.78 is 0. The molecule has 94 valence electrons. The molecule has 0 radical (unpaired) electrons. The monoisotopic (exact) mass is 224 g/mol. The van der Waals surface area contributed by atoms with E-state index in [1.165, 1.54) is 51.4 Å². The predicted octanol–water partition coefficient (Wildman–Crippen LogP) is 2.67. The first-order valence-electron chi connectivity index (χ1n) is 7.27. The van der Waals surface area contributed by atoms with Crippen LogP contribution in [0.25, 0.3) is 0 Å². The minimum Gasteiger partial charge on any atom is -0.330 e. The van der Waals surface area contributed by atoms with Crippen LogP contribution in [0.5, 0.6) is 0 Å². The Morgan fingerprint density at radius 2 is 1.69 bits per heavy atom. The molecule has 3 N–H and O–H groups in total. The second kappa shape index (κ2) is 6.02. The smallest absolute Gasteiger partial charge is 0.0110 e. The summed E-state index contributed by atoms with van der Waals surface area (Å²) in [5.41, 5.74) is 5.85. The first kappa shape index (κ1) is 12.4. The van der Waals surface area contributed by atoms with Gasteiger partial charge in [0.15, 0.2) is 0 Å². The molecule has 0 bridgehead atoms. The summed E-state index contributed by atoms with van der Waals surface area (Å²) in [6.07, 6.45) is 11.2. The topological polar surface area (TPSA) is 38.0 Å². The lowest BCUT2D eigenvalue weighted by atomic mass is 9.94. The van der Waals surface area contributed by atoms with Gasteiger partial charge in [0.05, 0.1) is 0 Å². The van der Waals surface area contributed by atoms with Crippen LogP contribution < -0.4 is 11.1 Å².